The Morgan fingerprint density at radius 2 is 2.11 bits per heavy atom. The molecule has 0 aliphatic carbocycles. The Balaban J connectivity index is 2.38. The van der Waals surface area contributed by atoms with Crippen molar-refractivity contribution in [1.82, 2.24) is 9.78 Å². The third-order valence-electron chi connectivity index (χ3n) is 2.62. The van der Waals surface area contributed by atoms with E-state index in [0.29, 0.717) is 17.5 Å². The van der Waals surface area contributed by atoms with Crippen LogP contribution >= 0.6 is 0 Å². The van der Waals surface area contributed by atoms with Gasteiger partial charge in [0.15, 0.2) is 5.78 Å². The molecule has 0 fully saturated rings. The Hall–Kier alpha value is -2.43. The van der Waals surface area contributed by atoms with E-state index in [1.165, 1.54) is 17.1 Å². The summed E-state index contributed by atoms with van der Waals surface area (Å²) in [5.74, 6) is -0.457. The number of primary amides is 1. The van der Waals surface area contributed by atoms with Crippen LogP contribution in [0.2, 0.25) is 0 Å². The van der Waals surface area contributed by atoms with Gasteiger partial charge in [-0.05, 0) is 12.1 Å². The third-order valence-corrected chi connectivity index (χ3v) is 2.62. The van der Waals surface area contributed by atoms with Gasteiger partial charge in [-0.25, -0.2) is 4.68 Å². The lowest BCUT2D eigenvalue weighted by molar-refractivity contribution is 0.0984. The first kappa shape index (κ1) is 12.0. The molecular formula is C13H13N3O2. The first-order valence-electron chi connectivity index (χ1n) is 5.60. The van der Waals surface area contributed by atoms with Crippen LogP contribution in [0.1, 0.15) is 34.1 Å². The van der Waals surface area contributed by atoms with E-state index < -0.39 is 5.91 Å². The van der Waals surface area contributed by atoms with Gasteiger partial charge in [-0.2, -0.15) is 5.10 Å². The highest BCUT2D eigenvalue weighted by Crippen LogP contribution is 2.12. The first-order chi connectivity index (χ1) is 8.61. The molecule has 2 N–H and O–H groups in total. The largest absolute Gasteiger partial charge is 0.366 e. The SMILES string of the molecule is CCC(=O)c1cccc(-n2cc(C(N)=O)cn2)c1. The fourth-order valence-corrected chi connectivity index (χ4v) is 1.62. The lowest BCUT2D eigenvalue weighted by atomic mass is 10.1. The monoisotopic (exact) mass is 243 g/mol. The minimum atomic E-state index is -0.526. The zero-order valence-electron chi connectivity index (χ0n) is 9.96. The van der Waals surface area contributed by atoms with Crippen molar-refractivity contribution in [3.05, 3.63) is 47.8 Å². The molecule has 0 atom stereocenters. The maximum atomic E-state index is 11.6. The second-order valence-corrected chi connectivity index (χ2v) is 3.86. The fourth-order valence-electron chi connectivity index (χ4n) is 1.62. The molecule has 5 nitrogen and oxygen atoms in total. The minimum absolute atomic E-state index is 0.0686. The molecule has 0 aliphatic heterocycles. The standard InChI is InChI=1S/C13H13N3O2/c1-2-12(17)9-4-3-5-11(6-9)16-8-10(7-15-16)13(14)18/h3-8H,2H2,1H3,(H2,14,18). The number of ketones is 1. The molecule has 1 aromatic carbocycles. The molecule has 1 aromatic heterocycles. The Labute approximate surface area is 104 Å². The highest BCUT2D eigenvalue weighted by Gasteiger charge is 2.08. The number of hydrogen-bond acceptors (Lipinski definition) is 3. The maximum absolute atomic E-state index is 11.6. The second-order valence-electron chi connectivity index (χ2n) is 3.86. The average molecular weight is 243 g/mol. The molecule has 0 bridgehead atoms. The van der Waals surface area contributed by atoms with Crippen LogP contribution in [-0.2, 0) is 0 Å². The molecule has 0 saturated heterocycles. The predicted octanol–water partition coefficient (Wildman–Crippen LogP) is 1.56. The molecule has 2 rings (SSSR count). The number of rotatable bonds is 4. The van der Waals surface area contributed by atoms with Crippen molar-refractivity contribution in [2.75, 3.05) is 0 Å². The lowest BCUT2D eigenvalue weighted by Crippen LogP contribution is -2.09. The number of nitrogens with zero attached hydrogens (tertiary/aromatic N) is 2. The van der Waals surface area contributed by atoms with Crippen LogP contribution in [0, 0.1) is 0 Å². The van der Waals surface area contributed by atoms with E-state index in [9.17, 15) is 9.59 Å². The summed E-state index contributed by atoms with van der Waals surface area (Å²) in [5.41, 5.74) is 6.85. The third kappa shape index (κ3) is 2.29. The van der Waals surface area contributed by atoms with Gasteiger partial charge in [0.25, 0.3) is 5.91 Å². The minimum Gasteiger partial charge on any atom is -0.366 e. The molecule has 18 heavy (non-hydrogen) atoms. The van der Waals surface area contributed by atoms with Crippen LogP contribution in [0.3, 0.4) is 0 Å². The van der Waals surface area contributed by atoms with Gasteiger partial charge in [-0.15, -0.1) is 0 Å². The summed E-state index contributed by atoms with van der Waals surface area (Å²) in [7, 11) is 0. The van der Waals surface area contributed by atoms with Crippen molar-refractivity contribution in [3.8, 4) is 5.69 Å². The van der Waals surface area contributed by atoms with E-state index >= 15 is 0 Å². The molecule has 0 unspecified atom stereocenters. The van der Waals surface area contributed by atoms with E-state index in [-0.39, 0.29) is 5.78 Å². The van der Waals surface area contributed by atoms with Gasteiger partial charge in [0.2, 0.25) is 0 Å². The molecule has 92 valence electrons. The predicted molar refractivity (Wildman–Crippen MR) is 66.7 cm³/mol. The van der Waals surface area contributed by atoms with Gasteiger partial charge < -0.3 is 5.73 Å². The maximum Gasteiger partial charge on any atom is 0.251 e. The number of nitrogens with two attached hydrogens (primary N) is 1. The van der Waals surface area contributed by atoms with Gasteiger partial charge in [0.1, 0.15) is 0 Å². The molecule has 0 radical (unpaired) electrons. The lowest BCUT2D eigenvalue weighted by Gasteiger charge is -2.03. The van der Waals surface area contributed by atoms with Crippen LogP contribution in [0.15, 0.2) is 36.7 Å². The second kappa shape index (κ2) is 4.83. The van der Waals surface area contributed by atoms with Gasteiger partial charge in [-0.3, -0.25) is 9.59 Å². The molecular weight excluding hydrogens is 230 g/mol. The van der Waals surface area contributed by atoms with Crippen LogP contribution in [0.4, 0.5) is 0 Å². The number of aromatic nitrogens is 2. The summed E-state index contributed by atoms with van der Waals surface area (Å²) >= 11 is 0. The number of amides is 1. The van der Waals surface area contributed by atoms with Crippen molar-refractivity contribution >= 4 is 11.7 Å². The highest BCUT2D eigenvalue weighted by molar-refractivity contribution is 5.96. The van der Waals surface area contributed by atoms with E-state index in [2.05, 4.69) is 5.10 Å². The Morgan fingerprint density at radius 3 is 2.72 bits per heavy atom. The smallest absolute Gasteiger partial charge is 0.251 e. The molecule has 5 heteroatoms. The first-order valence-corrected chi connectivity index (χ1v) is 5.60. The van der Waals surface area contributed by atoms with Crippen molar-refractivity contribution in [2.45, 2.75) is 13.3 Å². The van der Waals surface area contributed by atoms with E-state index in [4.69, 9.17) is 5.73 Å². The quantitative estimate of drug-likeness (QED) is 0.828. The topological polar surface area (TPSA) is 78.0 Å². The average Bonchev–Trinajstić information content (AvgIpc) is 2.88. The van der Waals surface area contributed by atoms with Gasteiger partial charge in [0, 0.05) is 18.2 Å². The van der Waals surface area contributed by atoms with Crippen molar-refractivity contribution < 1.29 is 9.59 Å². The zero-order chi connectivity index (χ0) is 13.1. The summed E-state index contributed by atoms with van der Waals surface area (Å²) in [5, 5.41) is 4.04. The summed E-state index contributed by atoms with van der Waals surface area (Å²) in [6.45, 7) is 1.81. The molecule has 1 amide bonds. The van der Waals surface area contributed by atoms with E-state index in [1.54, 1.807) is 18.2 Å². The van der Waals surface area contributed by atoms with Gasteiger partial charge in [0.05, 0.1) is 17.4 Å². The molecule has 2 aromatic rings. The van der Waals surface area contributed by atoms with E-state index in [1.807, 2.05) is 13.0 Å². The summed E-state index contributed by atoms with van der Waals surface area (Å²) in [4.78, 5) is 22.6. The van der Waals surface area contributed by atoms with Crippen molar-refractivity contribution in [3.63, 3.8) is 0 Å². The van der Waals surface area contributed by atoms with Crippen LogP contribution in [-0.4, -0.2) is 21.5 Å². The zero-order valence-corrected chi connectivity index (χ0v) is 9.96. The Bertz CT molecular complexity index is 602. The van der Waals surface area contributed by atoms with Crippen molar-refractivity contribution in [2.24, 2.45) is 5.73 Å². The number of carbonyl (C=O) groups is 2. The number of Topliss-reactive ketones (excluding diaryl/α,β-unsaturated/α-hetero) is 1. The number of hydrogen-bond donors (Lipinski definition) is 1. The van der Waals surface area contributed by atoms with Crippen LogP contribution < -0.4 is 5.73 Å². The van der Waals surface area contributed by atoms with E-state index in [0.717, 1.165) is 5.69 Å². The summed E-state index contributed by atoms with van der Waals surface area (Å²) in [6, 6.07) is 7.09. The summed E-state index contributed by atoms with van der Waals surface area (Å²) < 4.78 is 1.52. The number of benzene rings is 1. The van der Waals surface area contributed by atoms with Crippen LogP contribution in [0.5, 0.6) is 0 Å². The van der Waals surface area contributed by atoms with Gasteiger partial charge >= 0.3 is 0 Å². The van der Waals surface area contributed by atoms with Crippen LogP contribution in [0.25, 0.3) is 5.69 Å². The number of carbonyl (C=O) groups excluding carboxylic acids is 2. The fraction of sp³-hybridized carbons (Fsp3) is 0.154. The Morgan fingerprint density at radius 1 is 1.33 bits per heavy atom. The molecule has 0 aliphatic rings. The molecule has 1 heterocycles. The summed E-state index contributed by atoms with van der Waals surface area (Å²) in [6.07, 6.45) is 3.39. The normalized spacial score (nSPS) is 10.3. The molecule has 0 spiro atoms. The Kier molecular flexibility index (Phi) is 3.23. The van der Waals surface area contributed by atoms with Gasteiger partial charge in [-0.1, -0.05) is 19.1 Å². The highest BCUT2D eigenvalue weighted by atomic mass is 16.1. The van der Waals surface area contributed by atoms with Crippen molar-refractivity contribution in [1.29, 1.82) is 0 Å². The molecule has 0 saturated carbocycles.